The number of hydrogen-bond acceptors (Lipinski definition) is 5. The van der Waals surface area contributed by atoms with Crippen molar-refractivity contribution in [1.29, 1.82) is 0 Å². The number of likely N-dealkylation sites (tertiary alicyclic amines) is 1. The van der Waals surface area contributed by atoms with Crippen LogP contribution in [0, 0.1) is 6.92 Å². The van der Waals surface area contributed by atoms with E-state index in [-0.39, 0.29) is 6.09 Å². The molecule has 0 radical (unpaired) electrons. The molecule has 2 aromatic rings. The molecular weight excluding hydrogens is 432 g/mol. The van der Waals surface area contributed by atoms with Gasteiger partial charge >= 0.3 is 6.09 Å². The SMILES string of the molecule is COc1ccc(-c2cc3c4c(c2)[C@@H]2CN(C(=O)OC(C)(C)C)CC[C@@H]2N4CCSC3)c(C)c1. The fourth-order valence-corrected chi connectivity index (χ4v) is 6.51. The maximum Gasteiger partial charge on any atom is 0.410 e. The van der Waals surface area contributed by atoms with Gasteiger partial charge in [0.25, 0.3) is 0 Å². The highest BCUT2D eigenvalue weighted by atomic mass is 32.2. The molecule has 6 heteroatoms. The summed E-state index contributed by atoms with van der Waals surface area (Å²) >= 11 is 2.02. The molecule has 1 saturated heterocycles. The predicted octanol–water partition coefficient (Wildman–Crippen LogP) is 5.83. The van der Waals surface area contributed by atoms with Crippen molar-refractivity contribution in [2.45, 2.75) is 57.4 Å². The van der Waals surface area contributed by atoms with Crippen LogP contribution < -0.4 is 9.64 Å². The third-order valence-electron chi connectivity index (χ3n) is 7.01. The van der Waals surface area contributed by atoms with Crippen LogP contribution >= 0.6 is 11.8 Å². The van der Waals surface area contributed by atoms with Crippen LogP contribution in [0.5, 0.6) is 5.75 Å². The number of carbonyl (C=O) groups is 1. The van der Waals surface area contributed by atoms with Gasteiger partial charge in [-0.1, -0.05) is 6.07 Å². The maximum absolute atomic E-state index is 12.9. The summed E-state index contributed by atoms with van der Waals surface area (Å²) in [4.78, 5) is 17.4. The summed E-state index contributed by atoms with van der Waals surface area (Å²) < 4.78 is 11.1. The Hall–Kier alpha value is -2.34. The number of ether oxygens (including phenoxy) is 2. The van der Waals surface area contributed by atoms with Gasteiger partial charge in [-0.15, -0.1) is 0 Å². The quantitative estimate of drug-likeness (QED) is 0.557. The van der Waals surface area contributed by atoms with Crippen LogP contribution in [0.4, 0.5) is 10.5 Å². The molecule has 2 atom stereocenters. The Labute approximate surface area is 201 Å². The first kappa shape index (κ1) is 22.5. The highest BCUT2D eigenvalue weighted by molar-refractivity contribution is 7.98. The van der Waals surface area contributed by atoms with Gasteiger partial charge in [0, 0.05) is 48.8 Å². The van der Waals surface area contributed by atoms with Gasteiger partial charge in [-0.25, -0.2) is 4.79 Å². The number of amides is 1. The highest BCUT2D eigenvalue weighted by Gasteiger charge is 2.45. The summed E-state index contributed by atoms with van der Waals surface area (Å²) in [5, 5.41) is 0. The Bertz CT molecular complexity index is 1080. The van der Waals surface area contributed by atoms with E-state index in [0.717, 1.165) is 43.3 Å². The van der Waals surface area contributed by atoms with Gasteiger partial charge in [0.15, 0.2) is 0 Å². The number of aryl methyl sites for hydroxylation is 1. The maximum atomic E-state index is 12.9. The molecule has 176 valence electrons. The summed E-state index contributed by atoms with van der Waals surface area (Å²) in [5.74, 6) is 3.39. The molecule has 3 aliphatic heterocycles. The molecule has 0 aromatic heterocycles. The fraction of sp³-hybridized carbons (Fsp3) is 0.519. The summed E-state index contributed by atoms with van der Waals surface area (Å²) in [5.41, 5.74) is 7.51. The normalized spacial score (nSPS) is 21.8. The van der Waals surface area contributed by atoms with E-state index >= 15 is 0 Å². The highest BCUT2D eigenvalue weighted by Crippen LogP contribution is 2.50. The molecule has 0 unspecified atom stereocenters. The van der Waals surface area contributed by atoms with Crippen LogP contribution in [0.25, 0.3) is 11.1 Å². The van der Waals surface area contributed by atoms with Gasteiger partial charge < -0.3 is 19.3 Å². The molecule has 0 N–H and O–H groups in total. The number of thioether (sulfide) groups is 1. The van der Waals surface area contributed by atoms with E-state index in [1.165, 1.54) is 33.5 Å². The molecule has 1 amide bonds. The van der Waals surface area contributed by atoms with E-state index in [2.05, 4.69) is 36.1 Å². The second-order valence-corrected chi connectivity index (χ2v) is 11.5. The lowest BCUT2D eigenvalue weighted by Gasteiger charge is -2.39. The zero-order chi connectivity index (χ0) is 23.3. The molecule has 0 spiro atoms. The first-order chi connectivity index (χ1) is 15.7. The minimum Gasteiger partial charge on any atom is -0.497 e. The number of benzene rings is 2. The van der Waals surface area contributed by atoms with E-state index in [4.69, 9.17) is 9.47 Å². The summed E-state index contributed by atoms with van der Waals surface area (Å²) in [7, 11) is 1.71. The predicted molar refractivity (Wildman–Crippen MR) is 136 cm³/mol. The minimum atomic E-state index is -0.474. The molecule has 3 aliphatic rings. The second-order valence-electron chi connectivity index (χ2n) is 10.4. The molecule has 5 nitrogen and oxygen atoms in total. The number of rotatable bonds is 2. The summed E-state index contributed by atoms with van der Waals surface area (Å²) in [6.07, 6.45) is 0.797. The van der Waals surface area contributed by atoms with Crippen LogP contribution in [0.2, 0.25) is 0 Å². The van der Waals surface area contributed by atoms with Gasteiger partial charge in [-0.3, -0.25) is 0 Å². The first-order valence-electron chi connectivity index (χ1n) is 11.9. The molecule has 1 fully saturated rings. The number of fused-ring (bicyclic) bond motifs is 3. The van der Waals surface area contributed by atoms with E-state index in [0.29, 0.717) is 12.0 Å². The Morgan fingerprint density at radius 3 is 2.70 bits per heavy atom. The molecule has 0 aliphatic carbocycles. The first-order valence-corrected chi connectivity index (χ1v) is 13.0. The van der Waals surface area contributed by atoms with Crippen molar-refractivity contribution in [2.75, 3.05) is 37.4 Å². The lowest BCUT2D eigenvalue weighted by Crippen LogP contribution is -2.49. The van der Waals surface area contributed by atoms with Crippen molar-refractivity contribution >= 4 is 23.5 Å². The number of carbonyl (C=O) groups excluding carboxylic acids is 1. The molecule has 2 aromatic carbocycles. The topological polar surface area (TPSA) is 42.0 Å². The van der Waals surface area contributed by atoms with E-state index in [1.807, 2.05) is 43.5 Å². The lowest BCUT2D eigenvalue weighted by atomic mass is 9.86. The van der Waals surface area contributed by atoms with Crippen molar-refractivity contribution in [3.8, 4) is 16.9 Å². The number of hydrogen-bond donors (Lipinski definition) is 0. The van der Waals surface area contributed by atoms with Gasteiger partial charge in [-0.05, 0) is 86.2 Å². The second kappa shape index (κ2) is 8.46. The van der Waals surface area contributed by atoms with Crippen LogP contribution in [0.1, 0.15) is 49.8 Å². The Morgan fingerprint density at radius 1 is 1.15 bits per heavy atom. The Balaban J connectivity index is 1.54. The van der Waals surface area contributed by atoms with Crippen molar-refractivity contribution in [3.63, 3.8) is 0 Å². The third-order valence-corrected chi connectivity index (χ3v) is 8.00. The molecule has 0 bridgehead atoms. The van der Waals surface area contributed by atoms with E-state index < -0.39 is 5.60 Å². The zero-order valence-electron chi connectivity index (χ0n) is 20.3. The number of anilines is 1. The van der Waals surface area contributed by atoms with Gasteiger partial charge in [0.1, 0.15) is 11.4 Å². The zero-order valence-corrected chi connectivity index (χ0v) is 21.1. The van der Waals surface area contributed by atoms with E-state index in [9.17, 15) is 4.79 Å². The summed E-state index contributed by atoms with van der Waals surface area (Å²) in [6.45, 7) is 10.5. The smallest absolute Gasteiger partial charge is 0.410 e. The monoisotopic (exact) mass is 466 g/mol. The van der Waals surface area contributed by atoms with Crippen LogP contribution in [0.3, 0.4) is 0 Å². The Morgan fingerprint density at radius 2 is 1.97 bits per heavy atom. The number of piperidine rings is 1. The average Bonchev–Trinajstić information content (AvgIpc) is 2.92. The van der Waals surface area contributed by atoms with E-state index in [1.54, 1.807) is 7.11 Å². The van der Waals surface area contributed by atoms with Gasteiger partial charge in [0.2, 0.25) is 0 Å². The number of nitrogens with zero attached hydrogens (tertiary/aromatic N) is 2. The van der Waals surface area contributed by atoms with Crippen molar-refractivity contribution in [3.05, 3.63) is 47.0 Å². The largest absolute Gasteiger partial charge is 0.497 e. The third kappa shape index (κ3) is 4.18. The van der Waals surface area contributed by atoms with Crippen molar-refractivity contribution < 1.29 is 14.3 Å². The lowest BCUT2D eigenvalue weighted by molar-refractivity contribution is 0.0189. The van der Waals surface area contributed by atoms with Gasteiger partial charge in [0.05, 0.1) is 7.11 Å². The fourth-order valence-electron chi connectivity index (χ4n) is 5.60. The average molecular weight is 467 g/mol. The van der Waals surface area contributed by atoms with Crippen LogP contribution in [0.15, 0.2) is 30.3 Å². The molecular formula is C27H34N2O3S. The molecule has 0 saturated carbocycles. The standard InChI is InChI=1S/C27H34N2O3S/c1-17-12-20(31-5)6-7-21(17)18-13-19-16-33-11-10-29-24-8-9-28(26(30)32-27(2,3)4)15-23(24)22(14-18)25(19)29/h6-7,12-14,23-24H,8-11,15-16H2,1-5H3/t23-,24-/m0/s1. The van der Waals surface area contributed by atoms with Crippen molar-refractivity contribution in [2.24, 2.45) is 0 Å². The summed E-state index contributed by atoms with van der Waals surface area (Å²) in [6, 6.07) is 11.6. The van der Waals surface area contributed by atoms with Crippen LogP contribution in [-0.4, -0.2) is 55.1 Å². The van der Waals surface area contributed by atoms with Crippen molar-refractivity contribution in [1.82, 2.24) is 4.90 Å². The minimum absolute atomic E-state index is 0.189. The van der Waals surface area contributed by atoms with Gasteiger partial charge in [-0.2, -0.15) is 11.8 Å². The Kier molecular flexibility index (Phi) is 5.76. The molecule has 33 heavy (non-hydrogen) atoms. The number of methoxy groups -OCH3 is 1. The molecule has 3 heterocycles. The molecule has 5 rings (SSSR count). The van der Waals surface area contributed by atoms with Crippen LogP contribution in [-0.2, 0) is 10.5 Å².